The summed E-state index contributed by atoms with van der Waals surface area (Å²) < 4.78 is 0. The number of rotatable bonds is 5. The molecular weight excluding hydrogens is 206 g/mol. The molecule has 1 nitrogen and oxygen atoms in total. The highest BCUT2D eigenvalue weighted by molar-refractivity contribution is 5.48. The SMILES string of the molecule is CC1CCCC1CNC/C=C/c1ccccc1. The van der Waals surface area contributed by atoms with Gasteiger partial charge in [0.05, 0.1) is 0 Å². The van der Waals surface area contributed by atoms with Gasteiger partial charge in [-0.1, -0.05) is 62.2 Å². The fraction of sp³-hybridized carbons (Fsp3) is 0.500. The van der Waals surface area contributed by atoms with Gasteiger partial charge >= 0.3 is 0 Å². The topological polar surface area (TPSA) is 12.0 Å². The zero-order chi connectivity index (χ0) is 11.9. The highest BCUT2D eigenvalue weighted by Gasteiger charge is 2.22. The lowest BCUT2D eigenvalue weighted by Crippen LogP contribution is -2.24. The van der Waals surface area contributed by atoms with Gasteiger partial charge < -0.3 is 5.32 Å². The summed E-state index contributed by atoms with van der Waals surface area (Å²) in [6.07, 6.45) is 8.66. The molecule has 1 aromatic rings. The summed E-state index contributed by atoms with van der Waals surface area (Å²) in [4.78, 5) is 0. The highest BCUT2D eigenvalue weighted by atomic mass is 14.9. The second-order valence-electron chi connectivity index (χ2n) is 5.14. The fourth-order valence-corrected chi connectivity index (χ4v) is 2.64. The Balaban J connectivity index is 1.65. The molecular formula is C16H23N. The Kier molecular flexibility index (Phi) is 4.81. The molecule has 0 spiro atoms. The Bertz CT molecular complexity index is 342. The van der Waals surface area contributed by atoms with Gasteiger partial charge in [0.15, 0.2) is 0 Å². The Labute approximate surface area is 105 Å². The average Bonchev–Trinajstić information content (AvgIpc) is 2.76. The number of hydrogen-bond donors (Lipinski definition) is 1. The summed E-state index contributed by atoms with van der Waals surface area (Å²) in [5.74, 6) is 1.82. The summed E-state index contributed by atoms with van der Waals surface area (Å²) in [5, 5.41) is 3.54. The van der Waals surface area contributed by atoms with Gasteiger partial charge in [-0.3, -0.25) is 0 Å². The van der Waals surface area contributed by atoms with Gasteiger partial charge in [0.2, 0.25) is 0 Å². The zero-order valence-corrected chi connectivity index (χ0v) is 10.7. The maximum atomic E-state index is 3.54. The maximum absolute atomic E-state index is 3.54. The molecule has 0 aromatic heterocycles. The van der Waals surface area contributed by atoms with Crippen LogP contribution in [0.1, 0.15) is 31.7 Å². The molecule has 1 fully saturated rings. The third kappa shape index (κ3) is 4.01. The highest BCUT2D eigenvalue weighted by Crippen LogP contribution is 2.30. The van der Waals surface area contributed by atoms with Crippen molar-refractivity contribution >= 4 is 6.08 Å². The second-order valence-corrected chi connectivity index (χ2v) is 5.14. The second kappa shape index (κ2) is 6.61. The van der Waals surface area contributed by atoms with Crippen molar-refractivity contribution in [1.82, 2.24) is 5.32 Å². The van der Waals surface area contributed by atoms with E-state index < -0.39 is 0 Å². The van der Waals surface area contributed by atoms with Crippen molar-refractivity contribution in [2.24, 2.45) is 11.8 Å². The normalized spacial score (nSPS) is 24.5. The van der Waals surface area contributed by atoms with Gasteiger partial charge in [-0.05, 0) is 30.4 Å². The number of benzene rings is 1. The quantitative estimate of drug-likeness (QED) is 0.759. The summed E-state index contributed by atoms with van der Waals surface area (Å²) in [7, 11) is 0. The van der Waals surface area contributed by atoms with Crippen LogP contribution in [0, 0.1) is 11.8 Å². The van der Waals surface area contributed by atoms with Crippen LogP contribution in [-0.4, -0.2) is 13.1 Å². The molecule has 1 heteroatoms. The molecule has 1 aromatic carbocycles. The first kappa shape index (κ1) is 12.4. The van der Waals surface area contributed by atoms with E-state index in [2.05, 4.69) is 54.7 Å². The first-order chi connectivity index (χ1) is 8.36. The van der Waals surface area contributed by atoms with E-state index in [1.165, 1.54) is 31.4 Å². The molecule has 2 rings (SSSR count). The van der Waals surface area contributed by atoms with E-state index in [4.69, 9.17) is 0 Å². The van der Waals surface area contributed by atoms with Gasteiger partial charge in [-0.15, -0.1) is 0 Å². The predicted molar refractivity (Wildman–Crippen MR) is 74.9 cm³/mol. The summed E-state index contributed by atoms with van der Waals surface area (Å²) in [6.45, 7) is 4.55. The molecule has 0 heterocycles. The molecule has 0 aliphatic heterocycles. The van der Waals surface area contributed by atoms with Crippen molar-refractivity contribution in [1.29, 1.82) is 0 Å². The monoisotopic (exact) mass is 229 g/mol. The standard InChI is InChI=1S/C16H23N/c1-14-7-5-11-16(14)13-17-12-6-10-15-8-3-2-4-9-15/h2-4,6,8-10,14,16-17H,5,7,11-13H2,1H3/b10-6+. The van der Waals surface area contributed by atoms with Crippen molar-refractivity contribution in [2.45, 2.75) is 26.2 Å². The minimum atomic E-state index is 0.903. The van der Waals surface area contributed by atoms with Gasteiger partial charge in [-0.25, -0.2) is 0 Å². The van der Waals surface area contributed by atoms with Crippen molar-refractivity contribution < 1.29 is 0 Å². The fourth-order valence-electron chi connectivity index (χ4n) is 2.64. The minimum absolute atomic E-state index is 0.903. The molecule has 1 aliphatic rings. The maximum Gasteiger partial charge on any atom is 0.0138 e. The molecule has 17 heavy (non-hydrogen) atoms. The summed E-state index contributed by atoms with van der Waals surface area (Å²) in [5.41, 5.74) is 1.28. The molecule has 2 unspecified atom stereocenters. The summed E-state index contributed by atoms with van der Waals surface area (Å²) in [6, 6.07) is 10.5. The van der Waals surface area contributed by atoms with Gasteiger partial charge in [0.1, 0.15) is 0 Å². The van der Waals surface area contributed by atoms with Crippen molar-refractivity contribution in [3.8, 4) is 0 Å². The summed E-state index contributed by atoms with van der Waals surface area (Å²) >= 11 is 0. The largest absolute Gasteiger partial charge is 0.313 e. The molecule has 1 N–H and O–H groups in total. The lowest BCUT2D eigenvalue weighted by atomic mass is 9.98. The first-order valence-corrected chi connectivity index (χ1v) is 6.78. The van der Waals surface area contributed by atoms with E-state index in [-0.39, 0.29) is 0 Å². The Hall–Kier alpha value is -1.08. The molecule has 1 aliphatic carbocycles. The smallest absolute Gasteiger partial charge is 0.0138 e. The Morgan fingerprint density at radius 3 is 2.76 bits per heavy atom. The first-order valence-electron chi connectivity index (χ1n) is 6.78. The molecule has 92 valence electrons. The molecule has 0 radical (unpaired) electrons. The van der Waals surface area contributed by atoms with Crippen LogP contribution in [0.25, 0.3) is 6.08 Å². The van der Waals surface area contributed by atoms with Crippen LogP contribution in [0.2, 0.25) is 0 Å². The van der Waals surface area contributed by atoms with Crippen LogP contribution >= 0.6 is 0 Å². The van der Waals surface area contributed by atoms with Gasteiger partial charge in [0, 0.05) is 6.54 Å². The Morgan fingerprint density at radius 2 is 2.06 bits per heavy atom. The van der Waals surface area contributed by atoms with E-state index >= 15 is 0 Å². The predicted octanol–water partition coefficient (Wildman–Crippen LogP) is 3.73. The Morgan fingerprint density at radius 1 is 1.24 bits per heavy atom. The average molecular weight is 229 g/mol. The lowest BCUT2D eigenvalue weighted by Gasteiger charge is -2.14. The van der Waals surface area contributed by atoms with E-state index in [9.17, 15) is 0 Å². The van der Waals surface area contributed by atoms with E-state index in [0.29, 0.717) is 0 Å². The third-order valence-electron chi connectivity index (χ3n) is 3.82. The minimum Gasteiger partial charge on any atom is -0.313 e. The van der Waals surface area contributed by atoms with Crippen LogP contribution in [0.5, 0.6) is 0 Å². The van der Waals surface area contributed by atoms with Crippen LogP contribution in [-0.2, 0) is 0 Å². The van der Waals surface area contributed by atoms with Crippen molar-refractivity contribution in [2.75, 3.05) is 13.1 Å². The molecule has 0 saturated heterocycles. The number of hydrogen-bond acceptors (Lipinski definition) is 1. The lowest BCUT2D eigenvalue weighted by molar-refractivity contribution is 0.399. The van der Waals surface area contributed by atoms with Gasteiger partial charge in [-0.2, -0.15) is 0 Å². The van der Waals surface area contributed by atoms with Crippen LogP contribution in [0.4, 0.5) is 0 Å². The molecule has 0 amide bonds. The molecule has 1 saturated carbocycles. The van der Waals surface area contributed by atoms with Gasteiger partial charge in [0.25, 0.3) is 0 Å². The van der Waals surface area contributed by atoms with Crippen molar-refractivity contribution in [3.05, 3.63) is 42.0 Å². The van der Waals surface area contributed by atoms with E-state index in [1.54, 1.807) is 0 Å². The molecule has 0 bridgehead atoms. The van der Waals surface area contributed by atoms with E-state index in [0.717, 1.165) is 18.4 Å². The zero-order valence-electron chi connectivity index (χ0n) is 10.7. The van der Waals surface area contributed by atoms with Crippen molar-refractivity contribution in [3.63, 3.8) is 0 Å². The van der Waals surface area contributed by atoms with Crippen LogP contribution < -0.4 is 5.32 Å². The number of nitrogens with one attached hydrogen (secondary N) is 1. The van der Waals surface area contributed by atoms with Crippen LogP contribution in [0.3, 0.4) is 0 Å². The third-order valence-corrected chi connectivity index (χ3v) is 3.82. The van der Waals surface area contributed by atoms with Crippen LogP contribution in [0.15, 0.2) is 36.4 Å². The van der Waals surface area contributed by atoms with E-state index in [1.807, 2.05) is 0 Å². The molecule has 2 atom stereocenters.